The van der Waals surface area contributed by atoms with Gasteiger partial charge in [-0.25, -0.2) is 18.7 Å². The van der Waals surface area contributed by atoms with Gasteiger partial charge in [0.25, 0.3) is 11.5 Å². The van der Waals surface area contributed by atoms with Crippen molar-refractivity contribution in [3.8, 4) is 11.1 Å². The smallest absolute Gasteiger partial charge is 0.475 e. The molecule has 0 saturated carbocycles. The van der Waals surface area contributed by atoms with Crippen molar-refractivity contribution in [1.82, 2.24) is 10.0 Å². The summed E-state index contributed by atoms with van der Waals surface area (Å²) in [5.74, 6) is -3.79. The predicted molar refractivity (Wildman–Crippen MR) is 139 cm³/mol. The number of pyridine rings is 1. The molecule has 0 bridgehead atoms. The predicted octanol–water partition coefficient (Wildman–Crippen LogP) is 3.07. The van der Waals surface area contributed by atoms with Gasteiger partial charge in [0.1, 0.15) is 0 Å². The third kappa shape index (κ3) is 7.35. The van der Waals surface area contributed by atoms with Crippen LogP contribution in [-0.2, 0) is 26.0 Å². The number of hydroxylamine groups is 1. The summed E-state index contributed by atoms with van der Waals surface area (Å²) < 4.78 is 55.5. The number of hydrogen-bond acceptors (Lipinski definition) is 7. The maximum Gasteiger partial charge on any atom is 0.490 e. The number of amides is 1. The van der Waals surface area contributed by atoms with Gasteiger partial charge in [-0.1, -0.05) is 18.2 Å². The number of sulfone groups is 1. The molecular formula is C25H28F3N3O7S. The number of carboxylic acid groups (broad SMARTS) is 1. The summed E-state index contributed by atoms with van der Waals surface area (Å²) in [6.45, 7) is 1.23. The molecule has 1 aromatic heterocycles. The molecule has 0 saturated heterocycles. The van der Waals surface area contributed by atoms with E-state index >= 15 is 0 Å². The molecule has 0 aliphatic rings. The van der Waals surface area contributed by atoms with Crippen LogP contribution in [0.15, 0.2) is 59.5 Å². The monoisotopic (exact) mass is 571 g/mol. The number of aromatic nitrogens is 1. The summed E-state index contributed by atoms with van der Waals surface area (Å²) in [7, 11) is 0.117. The van der Waals surface area contributed by atoms with Crippen molar-refractivity contribution in [1.29, 1.82) is 0 Å². The first kappa shape index (κ1) is 31.3. The fourth-order valence-corrected chi connectivity index (χ4v) is 4.36. The third-order valence-corrected chi connectivity index (χ3v) is 8.19. The molecule has 0 aliphatic carbocycles. The first-order valence-corrected chi connectivity index (χ1v) is 13.2. The van der Waals surface area contributed by atoms with Gasteiger partial charge in [0.15, 0.2) is 14.6 Å². The number of fused-ring (bicyclic) bond motifs is 1. The number of alkyl halides is 3. The highest BCUT2D eigenvalue weighted by Gasteiger charge is 2.43. The molecule has 1 amide bonds. The fraction of sp³-hybridized carbons (Fsp3) is 0.320. The van der Waals surface area contributed by atoms with E-state index in [1.807, 2.05) is 55.4 Å². The summed E-state index contributed by atoms with van der Waals surface area (Å²) in [5.41, 5.74) is 4.23. The molecule has 2 aromatic carbocycles. The van der Waals surface area contributed by atoms with Crippen molar-refractivity contribution >= 4 is 38.2 Å². The lowest BCUT2D eigenvalue weighted by Crippen LogP contribution is -2.49. The van der Waals surface area contributed by atoms with E-state index in [1.165, 1.54) is 17.0 Å². The van der Waals surface area contributed by atoms with E-state index in [9.17, 15) is 31.2 Å². The van der Waals surface area contributed by atoms with Crippen molar-refractivity contribution in [2.24, 2.45) is 0 Å². The van der Waals surface area contributed by atoms with Crippen LogP contribution in [0.1, 0.15) is 13.3 Å². The molecule has 0 fully saturated rings. The zero-order valence-corrected chi connectivity index (χ0v) is 22.3. The largest absolute Gasteiger partial charge is 0.490 e. The number of halogens is 3. The minimum Gasteiger partial charge on any atom is -0.475 e. The average Bonchev–Trinajstić information content (AvgIpc) is 2.86. The van der Waals surface area contributed by atoms with Crippen molar-refractivity contribution in [2.45, 2.75) is 30.8 Å². The Kier molecular flexibility index (Phi) is 9.52. The molecule has 0 aliphatic heterocycles. The third-order valence-electron chi connectivity index (χ3n) is 6.17. The highest BCUT2D eigenvalue weighted by atomic mass is 32.2. The average molecular weight is 572 g/mol. The molecule has 10 nitrogen and oxygen atoms in total. The first-order chi connectivity index (χ1) is 17.9. The quantitative estimate of drug-likeness (QED) is 0.290. The number of aryl methyl sites for hydroxylation is 1. The molecule has 1 unspecified atom stereocenters. The Morgan fingerprint density at radius 2 is 1.56 bits per heavy atom. The second-order valence-corrected chi connectivity index (χ2v) is 11.5. The lowest BCUT2D eigenvalue weighted by atomic mass is 10.0. The Morgan fingerprint density at radius 3 is 2.03 bits per heavy atom. The highest BCUT2D eigenvalue weighted by Crippen LogP contribution is 2.26. The SMILES string of the molecule is CN(C)c1ccc(-c2ccc3c(=O)n(CCC(C)(C(=O)NO)S(C)(=O)=O)ccc3c2)cc1.O=C(O)C(F)(F)F. The van der Waals surface area contributed by atoms with E-state index in [0.29, 0.717) is 5.39 Å². The lowest BCUT2D eigenvalue weighted by molar-refractivity contribution is -0.192. The number of hydrogen-bond donors (Lipinski definition) is 3. The highest BCUT2D eigenvalue weighted by molar-refractivity contribution is 7.92. The standard InChI is InChI=1S/C23H27N3O5S.C2HF3O2/c1-23(22(28)24-29,32(4,30)31)12-14-26-13-11-18-15-17(7-10-20(18)21(26)27)16-5-8-19(9-6-16)25(2)3;3-2(4,5)1(6)7/h5-11,13,15,29H,12,14H2,1-4H3,(H,24,28);(H,6,7). The maximum absolute atomic E-state index is 13.0. The number of carbonyl (C=O) groups excluding carboxylic acids is 1. The lowest BCUT2D eigenvalue weighted by Gasteiger charge is -2.25. The van der Waals surface area contributed by atoms with Gasteiger partial charge in [0.2, 0.25) is 0 Å². The number of anilines is 1. The van der Waals surface area contributed by atoms with E-state index in [0.717, 1.165) is 28.5 Å². The summed E-state index contributed by atoms with van der Waals surface area (Å²) in [6, 6.07) is 15.4. The van der Waals surface area contributed by atoms with E-state index in [2.05, 4.69) is 0 Å². The molecule has 14 heteroatoms. The van der Waals surface area contributed by atoms with Crippen LogP contribution in [0.4, 0.5) is 18.9 Å². The van der Waals surface area contributed by atoms with E-state index in [4.69, 9.17) is 15.1 Å². The van der Waals surface area contributed by atoms with Crippen LogP contribution in [0.2, 0.25) is 0 Å². The molecule has 0 spiro atoms. The molecule has 0 radical (unpaired) electrons. The Balaban J connectivity index is 0.000000673. The molecule has 3 rings (SSSR count). The van der Waals surface area contributed by atoms with Crippen LogP contribution in [0.3, 0.4) is 0 Å². The molecule has 3 N–H and O–H groups in total. The van der Waals surface area contributed by atoms with Crippen LogP contribution >= 0.6 is 0 Å². The maximum atomic E-state index is 13.0. The number of rotatable bonds is 7. The Labute approximate surface area is 222 Å². The summed E-state index contributed by atoms with van der Waals surface area (Å²) >= 11 is 0. The molecule has 39 heavy (non-hydrogen) atoms. The first-order valence-electron chi connectivity index (χ1n) is 11.3. The number of nitrogens with one attached hydrogen (secondary N) is 1. The summed E-state index contributed by atoms with van der Waals surface area (Å²) in [4.78, 5) is 35.9. The fourth-order valence-electron chi connectivity index (χ4n) is 3.52. The van der Waals surface area contributed by atoms with Crippen LogP contribution < -0.4 is 15.9 Å². The van der Waals surface area contributed by atoms with Gasteiger partial charge in [-0.05, 0) is 60.2 Å². The van der Waals surface area contributed by atoms with Gasteiger partial charge in [-0.15, -0.1) is 0 Å². The topological polar surface area (TPSA) is 146 Å². The van der Waals surface area contributed by atoms with Crippen molar-refractivity contribution in [2.75, 3.05) is 25.3 Å². The summed E-state index contributed by atoms with van der Waals surface area (Å²) in [5, 5.41) is 17.3. The van der Waals surface area contributed by atoms with Crippen LogP contribution in [0.5, 0.6) is 0 Å². The Morgan fingerprint density at radius 1 is 1.03 bits per heavy atom. The number of aliphatic carboxylic acids is 1. The molecular weight excluding hydrogens is 543 g/mol. The summed E-state index contributed by atoms with van der Waals surface area (Å²) in [6.07, 6.45) is -2.74. The van der Waals surface area contributed by atoms with Gasteiger partial charge in [-0.2, -0.15) is 13.2 Å². The van der Waals surface area contributed by atoms with Crippen molar-refractivity contribution in [3.63, 3.8) is 0 Å². The number of carboxylic acids is 1. The van der Waals surface area contributed by atoms with Gasteiger partial charge in [-0.3, -0.25) is 14.8 Å². The van der Waals surface area contributed by atoms with Gasteiger partial charge < -0.3 is 14.6 Å². The van der Waals surface area contributed by atoms with Gasteiger partial charge in [0.05, 0.1) is 0 Å². The number of benzene rings is 2. The minimum absolute atomic E-state index is 0.000484. The van der Waals surface area contributed by atoms with Crippen molar-refractivity contribution < 1.29 is 41.5 Å². The number of carbonyl (C=O) groups is 2. The Bertz CT molecular complexity index is 1520. The second-order valence-electron chi connectivity index (χ2n) is 9.05. The zero-order chi connectivity index (χ0) is 29.8. The molecule has 212 valence electrons. The van der Waals surface area contributed by atoms with Crippen LogP contribution in [0.25, 0.3) is 21.9 Å². The van der Waals surface area contributed by atoms with Gasteiger partial charge >= 0.3 is 12.1 Å². The van der Waals surface area contributed by atoms with E-state index in [1.54, 1.807) is 18.3 Å². The Hall–Kier alpha value is -3.91. The second kappa shape index (κ2) is 11.9. The normalized spacial score (nSPS) is 13.1. The van der Waals surface area contributed by atoms with Crippen LogP contribution in [-0.4, -0.2) is 66.4 Å². The number of nitrogens with zero attached hydrogens (tertiary/aromatic N) is 2. The molecule has 1 atom stereocenters. The molecule has 1 heterocycles. The zero-order valence-electron chi connectivity index (χ0n) is 21.5. The van der Waals surface area contributed by atoms with Gasteiger partial charge in [0, 0.05) is 44.2 Å². The minimum atomic E-state index is -5.08. The molecule has 3 aromatic rings. The van der Waals surface area contributed by atoms with E-state index < -0.39 is 32.6 Å². The van der Waals surface area contributed by atoms with Crippen LogP contribution in [0, 0.1) is 0 Å². The van der Waals surface area contributed by atoms with E-state index in [-0.39, 0.29) is 18.5 Å². The van der Waals surface area contributed by atoms with Crippen molar-refractivity contribution in [3.05, 3.63) is 65.1 Å².